The van der Waals surface area contributed by atoms with Crippen molar-refractivity contribution in [2.24, 2.45) is 0 Å². The number of amides is 1. The summed E-state index contributed by atoms with van der Waals surface area (Å²) in [6.45, 7) is 3.85. The van der Waals surface area contributed by atoms with Crippen LogP contribution in [0.1, 0.15) is 10.4 Å². The first-order valence-corrected chi connectivity index (χ1v) is 11.8. The number of hydrogen-bond acceptors (Lipinski definition) is 6. The van der Waals surface area contributed by atoms with Gasteiger partial charge in [-0.1, -0.05) is 18.2 Å². The van der Waals surface area contributed by atoms with Gasteiger partial charge in [-0.3, -0.25) is 9.52 Å². The number of anilines is 3. The van der Waals surface area contributed by atoms with Gasteiger partial charge in [0.15, 0.2) is 0 Å². The molecule has 0 aliphatic carbocycles. The molecule has 0 bridgehead atoms. The number of sulfonamides is 1. The van der Waals surface area contributed by atoms with Crippen LogP contribution in [0.15, 0.2) is 77.8 Å². The summed E-state index contributed by atoms with van der Waals surface area (Å²) < 4.78 is 27.3. The Balaban J connectivity index is 1.37. The number of hydrogen-bond donors (Lipinski definition) is 2. The van der Waals surface area contributed by atoms with E-state index < -0.39 is 10.0 Å². The van der Waals surface area contributed by atoms with Crippen molar-refractivity contribution in [2.45, 2.75) is 4.90 Å². The monoisotopic (exact) mass is 451 g/mol. The third kappa shape index (κ3) is 5.24. The molecule has 1 saturated heterocycles. The molecule has 8 nitrogen and oxygen atoms in total. The van der Waals surface area contributed by atoms with Gasteiger partial charge in [0.05, 0.1) is 16.8 Å². The number of nitrogens with one attached hydrogen (secondary N) is 2. The number of rotatable bonds is 6. The molecule has 0 atom stereocenters. The SMILES string of the molecule is CN1CCN(c2ccc(NC(=O)c3ccc(NS(=O)(=O)c4ccccc4)cc3)cn2)CC1. The number of piperazine rings is 1. The quantitative estimate of drug-likeness (QED) is 0.599. The highest BCUT2D eigenvalue weighted by Crippen LogP contribution is 2.19. The lowest BCUT2D eigenvalue weighted by Gasteiger charge is -2.33. The Kier molecular flexibility index (Phi) is 6.38. The van der Waals surface area contributed by atoms with E-state index in [1.54, 1.807) is 48.7 Å². The maximum absolute atomic E-state index is 12.6. The third-order valence-electron chi connectivity index (χ3n) is 5.29. The fraction of sp³-hybridized carbons (Fsp3) is 0.217. The average Bonchev–Trinajstić information content (AvgIpc) is 2.81. The molecule has 0 radical (unpaired) electrons. The van der Waals surface area contributed by atoms with Crippen LogP contribution in [0.5, 0.6) is 0 Å². The largest absolute Gasteiger partial charge is 0.354 e. The van der Waals surface area contributed by atoms with Crippen molar-refractivity contribution < 1.29 is 13.2 Å². The van der Waals surface area contributed by atoms with Crippen LogP contribution in [0, 0.1) is 0 Å². The van der Waals surface area contributed by atoms with E-state index in [0.29, 0.717) is 16.9 Å². The second-order valence-corrected chi connectivity index (χ2v) is 9.33. The smallest absolute Gasteiger partial charge is 0.261 e. The van der Waals surface area contributed by atoms with Crippen molar-refractivity contribution >= 4 is 33.1 Å². The summed E-state index contributed by atoms with van der Waals surface area (Å²) in [4.78, 5) is 21.7. The second kappa shape index (κ2) is 9.37. The van der Waals surface area contributed by atoms with Crippen LogP contribution in [0.25, 0.3) is 0 Å². The summed E-state index contributed by atoms with van der Waals surface area (Å²) >= 11 is 0. The van der Waals surface area contributed by atoms with Crippen LogP contribution in [-0.4, -0.2) is 57.4 Å². The van der Waals surface area contributed by atoms with E-state index in [1.165, 1.54) is 12.1 Å². The van der Waals surface area contributed by atoms with Crippen LogP contribution in [0.3, 0.4) is 0 Å². The van der Waals surface area contributed by atoms with Crippen molar-refractivity contribution in [3.8, 4) is 0 Å². The molecule has 9 heteroatoms. The lowest BCUT2D eigenvalue weighted by atomic mass is 10.2. The highest BCUT2D eigenvalue weighted by atomic mass is 32.2. The van der Waals surface area contributed by atoms with Crippen LogP contribution in [0.4, 0.5) is 17.2 Å². The second-order valence-electron chi connectivity index (χ2n) is 7.65. The molecule has 3 aromatic rings. The fourth-order valence-electron chi connectivity index (χ4n) is 3.39. The summed E-state index contributed by atoms with van der Waals surface area (Å²) in [6, 6.07) is 18.1. The molecule has 4 rings (SSSR count). The number of benzene rings is 2. The van der Waals surface area contributed by atoms with Crippen LogP contribution in [-0.2, 0) is 10.0 Å². The molecule has 1 aliphatic heterocycles. The predicted molar refractivity (Wildman–Crippen MR) is 126 cm³/mol. The molecule has 1 amide bonds. The minimum absolute atomic E-state index is 0.175. The molecule has 1 fully saturated rings. The molecular weight excluding hydrogens is 426 g/mol. The minimum Gasteiger partial charge on any atom is -0.354 e. The van der Waals surface area contributed by atoms with Gasteiger partial charge in [0, 0.05) is 37.4 Å². The Morgan fingerprint density at radius 2 is 1.53 bits per heavy atom. The highest BCUT2D eigenvalue weighted by molar-refractivity contribution is 7.92. The zero-order valence-corrected chi connectivity index (χ0v) is 18.5. The Labute approximate surface area is 187 Å². The lowest BCUT2D eigenvalue weighted by Crippen LogP contribution is -2.44. The Hall–Kier alpha value is -3.43. The van der Waals surface area contributed by atoms with Crippen LogP contribution in [0.2, 0.25) is 0 Å². The van der Waals surface area contributed by atoms with E-state index in [-0.39, 0.29) is 10.8 Å². The predicted octanol–water partition coefficient (Wildman–Crippen LogP) is 2.89. The zero-order chi connectivity index (χ0) is 22.6. The van der Waals surface area contributed by atoms with Gasteiger partial charge < -0.3 is 15.1 Å². The summed E-state index contributed by atoms with van der Waals surface area (Å²) in [5.74, 6) is 0.600. The molecule has 1 aromatic heterocycles. The molecule has 2 heterocycles. The molecule has 0 saturated carbocycles. The number of likely N-dealkylation sites (N-methyl/N-ethyl adjacent to an activating group) is 1. The molecule has 2 N–H and O–H groups in total. The number of carbonyl (C=O) groups excluding carboxylic acids is 1. The molecular formula is C23H25N5O3S. The van der Waals surface area contributed by atoms with E-state index in [9.17, 15) is 13.2 Å². The van der Waals surface area contributed by atoms with Gasteiger partial charge in [0.2, 0.25) is 0 Å². The first kappa shape index (κ1) is 21.8. The Bertz CT molecular complexity index is 1160. The average molecular weight is 452 g/mol. The van der Waals surface area contributed by atoms with Crippen LogP contribution >= 0.6 is 0 Å². The van der Waals surface area contributed by atoms with E-state index in [1.807, 2.05) is 12.1 Å². The van der Waals surface area contributed by atoms with Gasteiger partial charge in [0.25, 0.3) is 15.9 Å². The Morgan fingerprint density at radius 3 is 2.16 bits per heavy atom. The normalized spacial score (nSPS) is 14.7. The summed E-state index contributed by atoms with van der Waals surface area (Å²) in [7, 11) is -1.57. The van der Waals surface area contributed by atoms with Gasteiger partial charge in [-0.05, 0) is 55.6 Å². The van der Waals surface area contributed by atoms with E-state index in [0.717, 1.165) is 32.0 Å². The number of pyridine rings is 1. The van der Waals surface area contributed by atoms with Gasteiger partial charge in [-0.15, -0.1) is 0 Å². The zero-order valence-electron chi connectivity index (χ0n) is 17.7. The summed E-state index contributed by atoms with van der Waals surface area (Å²) in [5, 5.41) is 2.82. The number of aromatic nitrogens is 1. The topological polar surface area (TPSA) is 94.6 Å². The van der Waals surface area contributed by atoms with Crippen molar-refractivity contribution in [1.29, 1.82) is 0 Å². The van der Waals surface area contributed by atoms with Gasteiger partial charge in [0.1, 0.15) is 5.82 Å². The molecule has 0 spiro atoms. The van der Waals surface area contributed by atoms with E-state index in [2.05, 4.69) is 31.9 Å². The van der Waals surface area contributed by atoms with E-state index >= 15 is 0 Å². The van der Waals surface area contributed by atoms with Gasteiger partial charge >= 0.3 is 0 Å². The minimum atomic E-state index is -3.68. The molecule has 2 aromatic carbocycles. The number of nitrogens with zero attached hydrogens (tertiary/aromatic N) is 3. The maximum Gasteiger partial charge on any atom is 0.261 e. The molecule has 1 aliphatic rings. The standard InChI is InChI=1S/C23H25N5O3S/c1-27-13-15-28(16-14-27)22-12-11-20(17-24-22)25-23(29)18-7-9-19(10-8-18)26-32(30,31)21-5-3-2-4-6-21/h2-12,17,26H,13-16H2,1H3,(H,25,29). The van der Waals surface area contributed by atoms with Gasteiger partial charge in [-0.2, -0.15) is 0 Å². The van der Waals surface area contributed by atoms with Crippen molar-refractivity contribution in [3.63, 3.8) is 0 Å². The van der Waals surface area contributed by atoms with Crippen LogP contribution < -0.4 is 14.9 Å². The first-order chi connectivity index (χ1) is 15.4. The summed E-state index contributed by atoms with van der Waals surface area (Å²) in [5.41, 5.74) is 1.39. The maximum atomic E-state index is 12.6. The summed E-state index contributed by atoms with van der Waals surface area (Å²) in [6.07, 6.45) is 1.65. The molecule has 0 unspecified atom stereocenters. The fourth-order valence-corrected chi connectivity index (χ4v) is 4.47. The van der Waals surface area contributed by atoms with Crippen molar-refractivity contribution in [1.82, 2.24) is 9.88 Å². The number of carbonyl (C=O) groups is 1. The van der Waals surface area contributed by atoms with Gasteiger partial charge in [-0.25, -0.2) is 13.4 Å². The Morgan fingerprint density at radius 1 is 0.875 bits per heavy atom. The molecule has 166 valence electrons. The highest BCUT2D eigenvalue weighted by Gasteiger charge is 2.16. The third-order valence-corrected chi connectivity index (χ3v) is 6.68. The first-order valence-electron chi connectivity index (χ1n) is 10.3. The van der Waals surface area contributed by atoms with E-state index in [4.69, 9.17) is 0 Å². The van der Waals surface area contributed by atoms with Crippen molar-refractivity contribution in [3.05, 3.63) is 78.5 Å². The molecule has 32 heavy (non-hydrogen) atoms. The van der Waals surface area contributed by atoms with Crippen molar-refractivity contribution in [2.75, 3.05) is 48.2 Å². The lowest BCUT2D eigenvalue weighted by molar-refractivity contribution is 0.102.